The predicted octanol–water partition coefficient (Wildman–Crippen LogP) is 3.94. The van der Waals surface area contributed by atoms with Crippen molar-refractivity contribution in [3.05, 3.63) is 0 Å². The molecule has 0 aromatic carbocycles. The molecule has 0 saturated heterocycles. The summed E-state index contributed by atoms with van der Waals surface area (Å²) in [7, 11) is 0. The van der Waals surface area contributed by atoms with E-state index < -0.39 is 0 Å². The van der Waals surface area contributed by atoms with Gasteiger partial charge in [0.05, 0.1) is 0 Å². The molecule has 2 unspecified atom stereocenters. The first-order valence-electron chi connectivity index (χ1n) is 7.08. The van der Waals surface area contributed by atoms with Crippen molar-refractivity contribution in [1.82, 2.24) is 5.32 Å². The summed E-state index contributed by atoms with van der Waals surface area (Å²) >= 11 is 2.01. The number of thioether (sulfide) groups is 1. The van der Waals surface area contributed by atoms with Crippen molar-refractivity contribution >= 4 is 11.8 Å². The van der Waals surface area contributed by atoms with Gasteiger partial charge in [0.25, 0.3) is 0 Å². The van der Waals surface area contributed by atoms with Crippen LogP contribution in [-0.2, 0) is 0 Å². The molecule has 0 aromatic rings. The number of hydrogen-bond acceptors (Lipinski definition) is 2. The Hall–Kier alpha value is 0.310. The molecule has 1 rings (SSSR count). The number of hydrogen-bond donors (Lipinski definition) is 1. The van der Waals surface area contributed by atoms with Gasteiger partial charge in [0.1, 0.15) is 0 Å². The summed E-state index contributed by atoms with van der Waals surface area (Å²) in [6.45, 7) is 4.73. The third kappa shape index (κ3) is 5.58. The average molecular weight is 243 g/mol. The Kier molecular flexibility index (Phi) is 8.40. The van der Waals surface area contributed by atoms with Crippen LogP contribution in [0.4, 0.5) is 0 Å². The van der Waals surface area contributed by atoms with Crippen molar-refractivity contribution in [2.75, 3.05) is 25.1 Å². The second kappa shape index (κ2) is 9.35. The fourth-order valence-corrected chi connectivity index (χ4v) is 3.38. The van der Waals surface area contributed by atoms with Crippen LogP contribution in [0.1, 0.15) is 51.9 Å². The van der Waals surface area contributed by atoms with Crippen LogP contribution in [0.25, 0.3) is 0 Å². The Labute approximate surface area is 106 Å². The van der Waals surface area contributed by atoms with Crippen LogP contribution in [0.3, 0.4) is 0 Å². The van der Waals surface area contributed by atoms with E-state index in [2.05, 4.69) is 18.5 Å². The topological polar surface area (TPSA) is 12.0 Å². The Morgan fingerprint density at radius 2 is 1.88 bits per heavy atom. The van der Waals surface area contributed by atoms with Crippen LogP contribution in [-0.4, -0.2) is 25.1 Å². The van der Waals surface area contributed by atoms with Gasteiger partial charge >= 0.3 is 0 Å². The maximum absolute atomic E-state index is 3.63. The molecule has 0 heterocycles. The van der Waals surface area contributed by atoms with E-state index in [1.165, 1.54) is 63.8 Å². The molecule has 0 aliphatic heterocycles. The van der Waals surface area contributed by atoms with Gasteiger partial charge in [0, 0.05) is 0 Å². The van der Waals surface area contributed by atoms with Gasteiger partial charge in [-0.25, -0.2) is 0 Å². The van der Waals surface area contributed by atoms with Gasteiger partial charge in [-0.1, -0.05) is 32.6 Å². The highest BCUT2D eigenvalue weighted by Crippen LogP contribution is 2.31. The summed E-state index contributed by atoms with van der Waals surface area (Å²) in [5.74, 6) is 3.31. The van der Waals surface area contributed by atoms with E-state index in [1.54, 1.807) is 0 Å². The molecule has 1 saturated carbocycles. The van der Waals surface area contributed by atoms with Gasteiger partial charge in [-0.15, -0.1) is 0 Å². The zero-order valence-corrected chi connectivity index (χ0v) is 12.0. The van der Waals surface area contributed by atoms with Gasteiger partial charge in [-0.3, -0.25) is 0 Å². The van der Waals surface area contributed by atoms with Crippen molar-refractivity contribution in [2.45, 2.75) is 51.9 Å². The highest BCUT2D eigenvalue weighted by molar-refractivity contribution is 7.98. The summed E-state index contributed by atoms with van der Waals surface area (Å²) in [4.78, 5) is 0. The molecule has 0 amide bonds. The Bertz CT molecular complexity index is 161. The van der Waals surface area contributed by atoms with Gasteiger partial charge in [-0.05, 0) is 56.2 Å². The first-order valence-corrected chi connectivity index (χ1v) is 8.47. The Balaban J connectivity index is 2.32. The van der Waals surface area contributed by atoms with Crippen molar-refractivity contribution in [1.29, 1.82) is 0 Å². The SMILES string of the molecule is CCCNCC1CCCCCC1CCSC. The summed E-state index contributed by atoms with van der Waals surface area (Å²) in [6, 6.07) is 0. The molecule has 1 nitrogen and oxygen atoms in total. The van der Waals surface area contributed by atoms with Crippen LogP contribution < -0.4 is 5.32 Å². The van der Waals surface area contributed by atoms with Crippen molar-refractivity contribution in [3.63, 3.8) is 0 Å². The first kappa shape index (κ1) is 14.4. The molecule has 1 aliphatic rings. The monoisotopic (exact) mass is 243 g/mol. The minimum absolute atomic E-state index is 0.959. The molecular weight excluding hydrogens is 214 g/mol. The second-order valence-corrected chi connectivity index (χ2v) is 6.13. The highest BCUT2D eigenvalue weighted by atomic mass is 32.2. The molecule has 0 aromatic heterocycles. The molecule has 16 heavy (non-hydrogen) atoms. The largest absolute Gasteiger partial charge is 0.316 e. The van der Waals surface area contributed by atoms with Gasteiger partial charge in [-0.2, -0.15) is 11.8 Å². The molecule has 0 bridgehead atoms. The lowest BCUT2D eigenvalue weighted by atomic mass is 9.86. The first-order chi connectivity index (χ1) is 7.88. The molecule has 2 heteroatoms. The molecule has 1 fully saturated rings. The third-order valence-electron chi connectivity index (χ3n) is 3.84. The van der Waals surface area contributed by atoms with E-state index in [0.29, 0.717) is 0 Å². The zero-order valence-electron chi connectivity index (χ0n) is 11.1. The molecule has 0 spiro atoms. The van der Waals surface area contributed by atoms with Crippen LogP contribution in [0.15, 0.2) is 0 Å². The van der Waals surface area contributed by atoms with E-state index in [9.17, 15) is 0 Å². The van der Waals surface area contributed by atoms with E-state index in [-0.39, 0.29) is 0 Å². The fourth-order valence-electron chi connectivity index (χ4n) is 2.84. The molecule has 1 aliphatic carbocycles. The standard InChI is InChI=1S/C14H29NS/c1-3-10-15-12-14-8-6-4-5-7-13(14)9-11-16-2/h13-15H,3-12H2,1-2H3. The fraction of sp³-hybridized carbons (Fsp3) is 1.00. The summed E-state index contributed by atoms with van der Waals surface area (Å²) in [6.07, 6.45) is 12.3. The minimum atomic E-state index is 0.959. The summed E-state index contributed by atoms with van der Waals surface area (Å²) < 4.78 is 0. The van der Waals surface area contributed by atoms with E-state index in [4.69, 9.17) is 0 Å². The third-order valence-corrected chi connectivity index (χ3v) is 4.49. The normalized spacial score (nSPS) is 26.6. The number of rotatable bonds is 7. The lowest BCUT2D eigenvalue weighted by molar-refractivity contribution is 0.294. The van der Waals surface area contributed by atoms with E-state index in [1.807, 2.05) is 11.8 Å². The maximum Gasteiger partial charge on any atom is -0.00179 e. The van der Waals surface area contributed by atoms with Crippen LogP contribution in [0.2, 0.25) is 0 Å². The lowest BCUT2D eigenvalue weighted by Crippen LogP contribution is -2.28. The zero-order chi connectivity index (χ0) is 11.6. The van der Waals surface area contributed by atoms with E-state index in [0.717, 1.165) is 11.8 Å². The Morgan fingerprint density at radius 3 is 2.56 bits per heavy atom. The second-order valence-electron chi connectivity index (χ2n) is 5.14. The highest BCUT2D eigenvalue weighted by Gasteiger charge is 2.22. The van der Waals surface area contributed by atoms with Crippen LogP contribution in [0, 0.1) is 11.8 Å². The minimum Gasteiger partial charge on any atom is -0.316 e. The van der Waals surface area contributed by atoms with Crippen LogP contribution >= 0.6 is 11.8 Å². The predicted molar refractivity (Wildman–Crippen MR) is 76.2 cm³/mol. The van der Waals surface area contributed by atoms with Crippen molar-refractivity contribution in [3.8, 4) is 0 Å². The van der Waals surface area contributed by atoms with Gasteiger partial charge in [0.2, 0.25) is 0 Å². The molecule has 1 N–H and O–H groups in total. The van der Waals surface area contributed by atoms with Crippen LogP contribution in [0.5, 0.6) is 0 Å². The lowest BCUT2D eigenvalue weighted by Gasteiger charge is -2.25. The summed E-state index contributed by atoms with van der Waals surface area (Å²) in [5, 5.41) is 3.63. The number of nitrogens with one attached hydrogen (secondary N) is 1. The Morgan fingerprint density at radius 1 is 1.12 bits per heavy atom. The van der Waals surface area contributed by atoms with Gasteiger partial charge in [0.15, 0.2) is 0 Å². The molecule has 96 valence electrons. The maximum atomic E-state index is 3.63. The van der Waals surface area contributed by atoms with Crippen molar-refractivity contribution < 1.29 is 0 Å². The quantitative estimate of drug-likeness (QED) is 0.537. The molecule has 0 radical (unpaired) electrons. The average Bonchev–Trinajstić information content (AvgIpc) is 2.52. The van der Waals surface area contributed by atoms with Gasteiger partial charge < -0.3 is 5.32 Å². The smallest absolute Gasteiger partial charge is 0.00179 e. The molecule has 2 atom stereocenters. The summed E-state index contributed by atoms with van der Waals surface area (Å²) in [5.41, 5.74) is 0. The van der Waals surface area contributed by atoms with Crippen molar-refractivity contribution in [2.24, 2.45) is 11.8 Å². The molecular formula is C14H29NS. The van der Waals surface area contributed by atoms with E-state index >= 15 is 0 Å².